The van der Waals surface area contributed by atoms with Crippen LogP contribution in [0.5, 0.6) is 0 Å². The van der Waals surface area contributed by atoms with Crippen LogP contribution in [0.1, 0.15) is 124 Å². The zero-order valence-electron chi connectivity index (χ0n) is 26.5. The summed E-state index contributed by atoms with van der Waals surface area (Å²) in [5, 5.41) is 5.98. The van der Waals surface area contributed by atoms with Gasteiger partial charge >= 0.3 is 6.09 Å². The van der Waals surface area contributed by atoms with Crippen molar-refractivity contribution in [2.24, 2.45) is 5.92 Å². The van der Waals surface area contributed by atoms with Crippen molar-refractivity contribution in [3.63, 3.8) is 0 Å². The van der Waals surface area contributed by atoms with Crippen LogP contribution in [0.2, 0.25) is 0 Å². The molecule has 3 unspecified atom stereocenters. The predicted octanol–water partition coefficient (Wildman–Crippen LogP) is 7.00. The van der Waals surface area contributed by atoms with Crippen LogP contribution in [-0.2, 0) is 14.3 Å². The number of alkyl carbamates (subject to hydrolysis) is 1. The first-order valence-electron chi connectivity index (χ1n) is 14.7. The van der Waals surface area contributed by atoms with Gasteiger partial charge in [0.15, 0.2) is 0 Å². The van der Waals surface area contributed by atoms with Crippen molar-refractivity contribution in [3.05, 3.63) is 34.9 Å². The quantitative estimate of drug-likeness (QED) is 0.261. The minimum Gasteiger partial charge on any atom is -0.444 e. The highest BCUT2D eigenvalue weighted by Crippen LogP contribution is 2.30. The van der Waals surface area contributed by atoms with Gasteiger partial charge in [0.1, 0.15) is 17.7 Å². The largest absolute Gasteiger partial charge is 0.444 e. The van der Waals surface area contributed by atoms with Gasteiger partial charge in [-0.1, -0.05) is 71.1 Å². The number of carbonyl (C=O) groups excluding carboxylic acids is 3. The van der Waals surface area contributed by atoms with E-state index in [0.717, 1.165) is 48.8 Å². The number of benzene rings is 1. The average molecular weight is 546 g/mol. The zero-order chi connectivity index (χ0) is 30.0. The molecule has 3 amide bonds. The van der Waals surface area contributed by atoms with E-state index in [1.165, 1.54) is 0 Å². The molecule has 2 N–H and O–H groups in total. The van der Waals surface area contributed by atoms with E-state index in [9.17, 15) is 14.4 Å². The van der Waals surface area contributed by atoms with E-state index in [0.29, 0.717) is 13.0 Å². The molecule has 3 atom stereocenters. The molecule has 0 aromatic heterocycles. The van der Waals surface area contributed by atoms with Crippen LogP contribution in [0.15, 0.2) is 18.2 Å². The van der Waals surface area contributed by atoms with E-state index in [2.05, 4.69) is 17.6 Å². The van der Waals surface area contributed by atoms with E-state index in [4.69, 9.17) is 4.74 Å². The van der Waals surface area contributed by atoms with Crippen molar-refractivity contribution >= 4 is 17.9 Å². The summed E-state index contributed by atoms with van der Waals surface area (Å²) in [6, 6.07) is 4.28. The molecule has 1 aromatic rings. The number of unbranched alkanes of at least 4 members (excludes halogenated alkanes) is 4. The number of amides is 3. The smallest absolute Gasteiger partial charge is 0.408 e. The lowest BCUT2D eigenvalue weighted by Gasteiger charge is -2.38. The average Bonchev–Trinajstić information content (AvgIpc) is 2.79. The standard InChI is InChI=1S/C32H55N3O4/c1-12-14-15-16-17-21-35(29(37)26(22(3)13-2)33-30(38)39-32(9,10)11)27(28(36)34-31(6,7)8)25-23(4)19-18-20-24(25)5/h18-20,22,26-27H,12-17,21H2,1-11H3,(H,33,38)(H,34,36). The van der Waals surface area contributed by atoms with Gasteiger partial charge in [-0.25, -0.2) is 4.79 Å². The lowest BCUT2D eigenvalue weighted by atomic mass is 9.91. The van der Waals surface area contributed by atoms with Crippen LogP contribution in [0.4, 0.5) is 4.79 Å². The molecule has 0 aliphatic carbocycles. The van der Waals surface area contributed by atoms with Gasteiger partial charge in [-0.05, 0) is 84.4 Å². The van der Waals surface area contributed by atoms with Crippen LogP contribution in [-0.4, -0.2) is 46.5 Å². The predicted molar refractivity (Wildman–Crippen MR) is 160 cm³/mol. The number of ether oxygens (including phenoxy) is 1. The molecule has 0 spiro atoms. The van der Waals surface area contributed by atoms with Crippen LogP contribution >= 0.6 is 0 Å². The molecule has 0 fully saturated rings. The Labute approximate surface area is 237 Å². The molecule has 1 aromatic carbocycles. The van der Waals surface area contributed by atoms with Crippen LogP contribution in [0, 0.1) is 19.8 Å². The Hall–Kier alpha value is -2.57. The number of nitrogens with one attached hydrogen (secondary N) is 2. The highest BCUT2D eigenvalue weighted by molar-refractivity contribution is 5.93. The van der Waals surface area contributed by atoms with E-state index in [-0.39, 0.29) is 17.7 Å². The van der Waals surface area contributed by atoms with Crippen LogP contribution in [0.3, 0.4) is 0 Å². The maximum Gasteiger partial charge on any atom is 0.408 e. The molecule has 0 aliphatic heterocycles. The second-order valence-corrected chi connectivity index (χ2v) is 12.9. The first kappa shape index (κ1) is 34.5. The van der Waals surface area contributed by atoms with Gasteiger partial charge in [-0.3, -0.25) is 9.59 Å². The summed E-state index contributed by atoms with van der Waals surface area (Å²) in [4.78, 5) is 43.0. The van der Waals surface area contributed by atoms with Crippen LogP contribution < -0.4 is 10.6 Å². The van der Waals surface area contributed by atoms with Crippen molar-refractivity contribution in [3.8, 4) is 0 Å². The van der Waals surface area contributed by atoms with Gasteiger partial charge in [0.05, 0.1) is 0 Å². The molecule has 7 heteroatoms. The Morgan fingerprint density at radius 1 is 0.923 bits per heavy atom. The SMILES string of the molecule is CCCCCCCN(C(=O)C(NC(=O)OC(C)(C)C)C(C)CC)C(C(=O)NC(C)(C)C)c1c(C)cccc1C. The molecule has 222 valence electrons. The number of aryl methyl sites for hydroxylation is 2. The number of hydrogen-bond acceptors (Lipinski definition) is 4. The lowest BCUT2D eigenvalue weighted by molar-refractivity contribution is -0.144. The van der Waals surface area contributed by atoms with Gasteiger partial charge in [0.2, 0.25) is 11.8 Å². The summed E-state index contributed by atoms with van der Waals surface area (Å²) in [6.07, 6.45) is 5.12. The van der Waals surface area contributed by atoms with Crippen molar-refractivity contribution in [1.82, 2.24) is 15.5 Å². The molecule has 0 bridgehead atoms. The fourth-order valence-corrected chi connectivity index (χ4v) is 4.67. The molecule has 0 saturated heterocycles. The first-order valence-corrected chi connectivity index (χ1v) is 14.7. The summed E-state index contributed by atoms with van der Waals surface area (Å²) in [6.45, 7) is 21.7. The highest BCUT2D eigenvalue weighted by atomic mass is 16.6. The monoisotopic (exact) mass is 545 g/mol. The normalized spacial score (nSPS) is 14.2. The third-order valence-corrected chi connectivity index (χ3v) is 6.81. The third-order valence-electron chi connectivity index (χ3n) is 6.81. The van der Waals surface area contributed by atoms with E-state index in [1.54, 1.807) is 25.7 Å². The van der Waals surface area contributed by atoms with E-state index in [1.807, 2.05) is 66.7 Å². The molecule has 1 rings (SSSR count). The summed E-state index contributed by atoms with van der Waals surface area (Å²) >= 11 is 0. The second-order valence-electron chi connectivity index (χ2n) is 12.9. The minimum absolute atomic E-state index is 0.156. The van der Waals surface area contributed by atoms with E-state index >= 15 is 0 Å². The number of rotatable bonds is 13. The van der Waals surface area contributed by atoms with Gasteiger partial charge in [0, 0.05) is 12.1 Å². The van der Waals surface area contributed by atoms with Crippen molar-refractivity contribution in [2.45, 2.75) is 138 Å². The third kappa shape index (κ3) is 11.6. The fourth-order valence-electron chi connectivity index (χ4n) is 4.67. The molecular weight excluding hydrogens is 490 g/mol. The Morgan fingerprint density at radius 2 is 1.49 bits per heavy atom. The van der Waals surface area contributed by atoms with Crippen molar-refractivity contribution < 1.29 is 19.1 Å². The Bertz CT molecular complexity index is 925. The molecule has 0 heterocycles. The van der Waals surface area contributed by atoms with Gasteiger partial charge < -0.3 is 20.3 Å². The number of nitrogens with zero attached hydrogens (tertiary/aromatic N) is 1. The molecule has 39 heavy (non-hydrogen) atoms. The topological polar surface area (TPSA) is 87.7 Å². The fraction of sp³-hybridized carbons (Fsp3) is 0.719. The summed E-state index contributed by atoms with van der Waals surface area (Å²) in [5.74, 6) is -0.638. The molecule has 0 aliphatic rings. The maximum atomic E-state index is 14.4. The summed E-state index contributed by atoms with van der Waals surface area (Å²) in [5.41, 5.74) is 1.56. The summed E-state index contributed by atoms with van der Waals surface area (Å²) < 4.78 is 5.51. The van der Waals surface area contributed by atoms with Crippen molar-refractivity contribution in [1.29, 1.82) is 0 Å². The molecular formula is C32H55N3O4. The van der Waals surface area contributed by atoms with E-state index < -0.39 is 29.3 Å². The van der Waals surface area contributed by atoms with Crippen LogP contribution in [0.25, 0.3) is 0 Å². The number of carbonyl (C=O) groups is 3. The lowest BCUT2D eigenvalue weighted by Crippen LogP contribution is -2.56. The van der Waals surface area contributed by atoms with Crippen molar-refractivity contribution in [2.75, 3.05) is 6.54 Å². The maximum absolute atomic E-state index is 14.4. The highest BCUT2D eigenvalue weighted by Gasteiger charge is 2.39. The second kappa shape index (κ2) is 15.3. The molecule has 0 radical (unpaired) electrons. The molecule has 0 saturated carbocycles. The number of hydrogen-bond donors (Lipinski definition) is 2. The van der Waals surface area contributed by atoms with Gasteiger partial charge in [-0.2, -0.15) is 0 Å². The zero-order valence-corrected chi connectivity index (χ0v) is 26.5. The first-order chi connectivity index (χ1) is 18.0. The Morgan fingerprint density at radius 3 is 1.97 bits per heavy atom. The molecule has 7 nitrogen and oxygen atoms in total. The van der Waals surface area contributed by atoms with Gasteiger partial charge in [-0.15, -0.1) is 0 Å². The Balaban J connectivity index is 3.64. The minimum atomic E-state index is -0.824. The summed E-state index contributed by atoms with van der Waals surface area (Å²) in [7, 11) is 0. The Kier molecular flexibility index (Phi) is 13.5. The van der Waals surface area contributed by atoms with Gasteiger partial charge in [0.25, 0.3) is 0 Å².